The number of unbranched alkanes of at least 4 members (excludes halogenated alkanes) is 9. The van der Waals surface area contributed by atoms with E-state index < -0.39 is 0 Å². The molecule has 45 heavy (non-hydrogen) atoms. The number of piperidine rings is 1. The zero-order valence-corrected chi connectivity index (χ0v) is 27.7. The Morgan fingerprint density at radius 2 is 0.911 bits per heavy atom. The van der Waals surface area contributed by atoms with Crippen LogP contribution in [0.5, 0.6) is 0 Å². The summed E-state index contributed by atoms with van der Waals surface area (Å²) in [5.41, 5.74) is 2.94. The van der Waals surface area contributed by atoms with Crippen LogP contribution in [0, 0.1) is 0 Å². The molecule has 0 radical (unpaired) electrons. The molecule has 8 rings (SSSR count). The van der Waals surface area contributed by atoms with Gasteiger partial charge >= 0.3 is 0 Å². The molecule has 1 saturated heterocycles. The van der Waals surface area contributed by atoms with Crippen LogP contribution in [0.4, 0.5) is 0 Å². The lowest BCUT2D eigenvalue weighted by Gasteiger charge is -2.26. The fourth-order valence-corrected chi connectivity index (χ4v) is 7.60. The van der Waals surface area contributed by atoms with Crippen molar-refractivity contribution in [1.29, 1.82) is 0 Å². The number of benzene rings is 5. The summed E-state index contributed by atoms with van der Waals surface area (Å²) in [6.07, 6.45) is 28.8. The summed E-state index contributed by atoms with van der Waals surface area (Å²) in [4.78, 5) is 2.67. The lowest BCUT2D eigenvalue weighted by Crippen LogP contribution is -2.30. The maximum atomic E-state index is 2.67. The van der Waals surface area contributed by atoms with Crippen molar-refractivity contribution >= 4 is 43.1 Å². The summed E-state index contributed by atoms with van der Waals surface area (Å²) in [5.74, 6) is 0. The molecule has 5 aromatic rings. The third-order valence-electron chi connectivity index (χ3n) is 10.1. The van der Waals surface area contributed by atoms with Crippen LogP contribution in [0.3, 0.4) is 0 Å². The normalized spacial score (nSPS) is 15.8. The van der Waals surface area contributed by atoms with Crippen molar-refractivity contribution in [3.63, 3.8) is 0 Å². The van der Waals surface area contributed by atoms with E-state index in [0.717, 1.165) is 0 Å². The molecule has 1 heterocycles. The summed E-state index contributed by atoms with van der Waals surface area (Å²) in [6, 6.07) is 26.4. The van der Waals surface area contributed by atoms with Crippen molar-refractivity contribution in [2.45, 2.75) is 96.8 Å². The average Bonchev–Trinajstić information content (AvgIpc) is 3.76. The van der Waals surface area contributed by atoms with Gasteiger partial charge in [-0.05, 0) is 99.6 Å². The van der Waals surface area contributed by atoms with Crippen LogP contribution in [-0.2, 0) is 0 Å². The van der Waals surface area contributed by atoms with Crippen molar-refractivity contribution < 1.29 is 0 Å². The highest BCUT2D eigenvalue weighted by Crippen LogP contribution is 2.39. The van der Waals surface area contributed by atoms with Gasteiger partial charge in [0.2, 0.25) is 0 Å². The largest absolute Gasteiger partial charge is 0.303 e. The standard InChI is InChI=1S/C20H12.C17H35N.C7H6/c1-5-13-6-2-11-17-18-12-4-8-14-7-3-10-16(20(14)18)15(9-1)19(13)17;1-2-3-4-5-6-7-8-9-10-12-15-18-16-13-11-14-17-18;1-2-7-4-3-6(1)5-7/h1-12H;2-17H2,1H3;1-4H,5H2. The minimum Gasteiger partial charge on any atom is -0.303 e. The Balaban J connectivity index is 0.000000131. The Labute approximate surface area is 272 Å². The molecular formula is C44H53N. The van der Waals surface area contributed by atoms with Crippen LogP contribution in [0.2, 0.25) is 0 Å². The Morgan fingerprint density at radius 1 is 0.489 bits per heavy atom. The minimum absolute atomic E-state index is 1.19. The molecule has 1 fully saturated rings. The van der Waals surface area contributed by atoms with E-state index in [1.165, 1.54) is 164 Å². The number of rotatable bonds is 11. The molecule has 0 atom stereocenters. The quantitative estimate of drug-likeness (QED) is 0.0834. The van der Waals surface area contributed by atoms with Gasteiger partial charge in [-0.25, -0.2) is 0 Å². The fraction of sp³-hybridized carbons (Fsp3) is 0.409. The van der Waals surface area contributed by atoms with Gasteiger partial charge in [0.05, 0.1) is 0 Å². The second-order valence-corrected chi connectivity index (χ2v) is 13.5. The zero-order valence-electron chi connectivity index (χ0n) is 27.7. The topological polar surface area (TPSA) is 3.24 Å². The highest BCUT2D eigenvalue weighted by Gasteiger charge is 2.12. The van der Waals surface area contributed by atoms with Gasteiger partial charge in [0.1, 0.15) is 0 Å². The van der Waals surface area contributed by atoms with Gasteiger partial charge in [0, 0.05) is 0 Å². The zero-order chi connectivity index (χ0) is 30.7. The molecule has 0 amide bonds. The highest BCUT2D eigenvalue weighted by atomic mass is 15.1. The van der Waals surface area contributed by atoms with E-state index in [1.54, 1.807) is 0 Å². The lowest BCUT2D eigenvalue weighted by atomic mass is 9.90. The second-order valence-electron chi connectivity index (χ2n) is 13.5. The van der Waals surface area contributed by atoms with E-state index in [2.05, 4.69) is 109 Å². The summed E-state index contributed by atoms with van der Waals surface area (Å²) in [7, 11) is 0. The number of hydrogen-bond donors (Lipinski definition) is 0. The molecule has 0 unspecified atom stereocenters. The van der Waals surface area contributed by atoms with Gasteiger partial charge in [0.15, 0.2) is 0 Å². The van der Waals surface area contributed by atoms with Gasteiger partial charge in [-0.1, -0.05) is 168 Å². The molecule has 0 spiro atoms. The van der Waals surface area contributed by atoms with E-state index in [4.69, 9.17) is 0 Å². The third kappa shape index (κ3) is 8.06. The van der Waals surface area contributed by atoms with Gasteiger partial charge in [-0.2, -0.15) is 0 Å². The first-order valence-corrected chi connectivity index (χ1v) is 18.2. The maximum Gasteiger partial charge on any atom is -0.00187 e. The van der Waals surface area contributed by atoms with E-state index in [1.807, 2.05) is 0 Å². The van der Waals surface area contributed by atoms with Crippen molar-refractivity contribution in [1.82, 2.24) is 4.90 Å². The highest BCUT2D eigenvalue weighted by molar-refractivity contribution is 6.32. The molecule has 0 saturated carbocycles. The van der Waals surface area contributed by atoms with E-state index in [0.29, 0.717) is 0 Å². The smallest absolute Gasteiger partial charge is 0.00187 e. The van der Waals surface area contributed by atoms with Crippen molar-refractivity contribution in [3.05, 3.63) is 108 Å². The minimum atomic E-state index is 1.19. The Bertz CT molecular complexity index is 1560. The van der Waals surface area contributed by atoms with Crippen molar-refractivity contribution in [2.75, 3.05) is 19.6 Å². The number of likely N-dealkylation sites (tertiary alicyclic amines) is 1. The summed E-state index contributed by atoms with van der Waals surface area (Å²) in [5, 5.41) is 10.9. The van der Waals surface area contributed by atoms with Crippen LogP contribution in [0.25, 0.3) is 43.1 Å². The lowest BCUT2D eigenvalue weighted by molar-refractivity contribution is 0.224. The Kier molecular flexibility index (Phi) is 11.4. The Morgan fingerprint density at radius 3 is 1.29 bits per heavy atom. The predicted molar refractivity (Wildman–Crippen MR) is 200 cm³/mol. The monoisotopic (exact) mass is 595 g/mol. The molecule has 1 nitrogen and oxygen atoms in total. The number of allylic oxidation sites excluding steroid dienone is 6. The molecule has 1 aliphatic heterocycles. The molecule has 0 N–H and O–H groups in total. The summed E-state index contributed by atoms with van der Waals surface area (Å²) < 4.78 is 0. The third-order valence-corrected chi connectivity index (χ3v) is 10.1. The van der Waals surface area contributed by atoms with Crippen LogP contribution < -0.4 is 0 Å². The van der Waals surface area contributed by atoms with Gasteiger partial charge in [0.25, 0.3) is 0 Å². The number of nitrogens with zero attached hydrogens (tertiary/aromatic N) is 1. The molecule has 3 aliphatic rings. The molecule has 0 aromatic heterocycles. The molecule has 2 bridgehead atoms. The first-order chi connectivity index (χ1) is 22.3. The first kappa shape index (κ1) is 31.6. The van der Waals surface area contributed by atoms with Crippen LogP contribution in [-0.4, -0.2) is 24.5 Å². The van der Waals surface area contributed by atoms with Crippen LogP contribution in [0.15, 0.2) is 108 Å². The summed E-state index contributed by atoms with van der Waals surface area (Å²) >= 11 is 0. The van der Waals surface area contributed by atoms with Gasteiger partial charge in [-0.3, -0.25) is 0 Å². The van der Waals surface area contributed by atoms with Crippen LogP contribution in [0.1, 0.15) is 96.8 Å². The number of fused-ring (bicyclic) bond motifs is 4. The van der Waals surface area contributed by atoms with Crippen LogP contribution >= 0.6 is 0 Å². The van der Waals surface area contributed by atoms with E-state index in [-0.39, 0.29) is 0 Å². The van der Waals surface area contributed by atoms with E-state index >= 15 is 0 Å². The van der Waals surface area contributed by atoms with Crippen molar-refractivity contribution in [3.8, 4) is 0 Å². The molecule has 5 aromatic carbocycles. The molecular weight excluding hydrogens is 542 g/mol. The van der Waals surface area contributed by atoms with E-state index in [9.17, 15) is 0 Å². The SMILES string of the molecule is C1=CC2=CC=C1C2.CCCCCCCCCCCCN1CCCCC1.c1cc2cccc3c4cccc5cccc(c(c1)c23)c54. The number of hydrogen-bond acceptors (Lipinski definition) is 1. The first-order valence-electron chi connectivity index (χ1n) is 18.2. The molecule has 2 aliphatic carbocycles. The second kappa shape index (κ2) is 16.2. The Hall–Kier alpha value is -3.42. The average molecular weight is 596 g/mol. The molecule has 234 valence electrons. The van der Waals surface area contributed by atoms with Gasteiger partial charge in [-0.15, -0.1) is 0 Å². The van der Waals surface area contributed by atoms with Gasteiger partial charge < -0.3 is 4.90 Å². The molecule has 1 heteroatoms. The predicted octanol–water partition coefficient (Wildman–Crippen LogP) is 12.9. The fourth-order valence-electron chi connectivity index (χ4n) is 7.60. The summed E-state index contributed by atoms with van der Waals surface area (Å²) in [6.45, 7) is 6.41. The maximum absolute atomic E-state index is 2.67. The van der Waals surface area contributed by atoms with Crippen molar-refractivity contribution in [2.24, 2.45) is 0 Å².